The molecule has 0 aromatic rings. The zero-order chi connectivity index (χ0) is 11.5. The minimum Gasteiger partial charge on any atom is -0.192 e. The van der Waals surface area contributed by atoms with Crippen LogP contribution in [0.25, 0.3) is 0 Å². The molecule has 15 heavy (non-hydrogen) atoms. The minimum atomic E-state index is 0.0206. The van der Waals surface area contributed by atoms with E-state index >= 15 is 0 Å². The first kappa shape index (κ1) is 11.8. The third-order valence-electron chi connectivity index (χ3n) is 2.55. The normalized spacial score (nSPS) is 25.6. The highest BCUT2D eigenvalue weighted by Crippen LogP contribution is 2.33. The summed E-state index contributed by atoms with van der Waals surface area (Å²) in [6.45, 7) is 8.71. The van der Waals surface area contributed by atoms with E-state index < -0.39 is 0 Å². The molecular formula is C14H19N. The number of nitrogens with zero attached hydrogens (tertiary/aromatic N) is 1. The third-order valence-corrected chi connectivity index (χ3v) is 2.55. The average Bonchev–Trinajstić information content (AvgIpc) is 2.22. The maximum absolute atomic E-state index is 8.98. The Balaban J connectivity index is 3.06. The van der Waals surface area contributed by atoms with Gasteiger partial charge in [-0.1, -0.05) is 44.6 Å². The van der Waals surface area contributed by atoms with E-state index in [1.54, 1.807) is 0 Å². The van der Waals surface area contributed by atoms with Crippen LogP contribution in [0.5, 0.6) is 0 Å². The Morgan fingerprint density at radius 1 is 1.33 bits per heavy atom. The van der Waals surface area contributed by atoms with Crippen LogP contribution in [-0.4, -0.2) is 0 Å². The molecule has 0 radical (unpaired) electrons. The Morgan fingerprint density at radius 2 is 2.00 bits per heavy atom. The number of hydrogen-bond donors (Lipinski definition) is 0. The highest BCUT2D eigenvalue weighted by atomic mass is 14.3. The maximum Gasteiger partial charge on any atom is 0.0988 e. The fourth-order valence-electron chi connectivity index (χ4n) is 2.30. The zero-order valence-electron chi connectivity index (χ0n) is 10.0. The lowest BCUT2D eigenvalue weighted by molar-refractivity contribution is 0.408. The van der Waals surface area contributed by atoms with E-state index in [0.29, 0.717) is 5.92 Å². The summed E-state index contributed by atoms with van der Waals surface area (Å²) in [7, 11) is 0. The van der Waals surface area contributed by atoms with Gasteiger partial charge in [0.05, 0.1) is 6.07 Å². The molecule has 0 spiro atoms. The van der Waals surface area contributed by atoms with Crippen molar-refractivity contribution in [3.05, 3.63) is 35.5 Å². The fourth-order valence-corrected chi connectivity index (χ4v) is 2.30. The van der Waals surface area contributed by atoms with Crippen LogP contribution in [0.1, 0.15) is 34.1 Å². The van der Waals surface area contributed by atoms with Crippen LogP contribution in [0.2, 0.25) is 0 Å². The quantitative estimate of drug-likeness (QED) is 0.662. The van der Waals surface area contributed by atoms with Gasteiger partial charge in [-0.05, 0) is 25.3 Å². The van der Waals surface area contributed by atoms with Crippen LogP contribution in [0.3, 0.4) is 0 Å². The number of rotatable bonds is 2. The van der Waals surface area contributed by atoms with Gasteiger partial charge >= 0.3 is 0 Å². The van der Waals surface area contributed by atoms with Crippen LogP contribution in [0.4, 0.5) is 0 Å². The lowest BCUT2D eigenvalue weighted by Crippen LogP contribution is -2.13. The number of nitriles is 1. The molecule has 0 amide bonds. The van der Waals surface area contributed by atoms with Gasteiger partial charge in [0.1, 0.15) is 0 Å². The van der Waals surface area contributed by atoms with E-state index in [1.807, 2.05) is 12.2 Å². The smallest absolute Gasteiger partial charge is 0.0988 e. The first-order valence-corrected chi connectivity index (χ1v) is 5.46. The van der Waals surface area contributed by atoms with Crippen molar-refractivity contribution in [3.8, 4) is 6.07 Å². The molecule has 0 aromatic carbocycles. The van der Waals surface area contributed by atoms with Crippen molar-refractivity contribution >= 4 is 0 Å². The minimum absolute atomic E-state index is 0.0206. The molecule has 0 saturated heterocycles. The van der Waals surface area contributed by atoms with Gasteiger partial charge in [0.2, 0.25) is 0 Å². The van der Waals surface area contributed by atoms with Crippen molar-refractivity contribution < 1.29 is 0 Å². The molecule has 0 N–H and O–H groups in total. The molecule has 1 heteroatoms. The molecule has 1 rings (SSSR count). The summed E-state index contributed by atoms with van der Waals surface area (Å²) in [5.74, 6) is 0.633. The summed E-state index contributed by atoms with van der Waals surface area (Å²) in [5, 5.41) is 8.98. The Hall–Kier alpha value is -1.29. The first-order valence-electron chi connectivity index (χ1n) is 5.46. The molecule has 0 bridgehead atoms. The average molecular weight is 201 g/mol. The van der Waals surface area contributed by atoms with Gasteiger partial charge in [-0.2, -0.15) is 5.26 Å². The second-order valence-electron chi connectivity index (χ2n) is 5.04. The molecule has 1 atom stereocenters. The van der Waals surface area contributed by atoms with Gasteiger partial charge in [-0.15, -0.1) is 0 Å². The molecule has 1 aliphatic carbocycles. The van der Waals surface area contributed by atoms with E-state index in [4.69, 9.17) is 5.26 Å². The van der Waals surface area contributed by atoms with Crippen molar-refractivity contribution in [1.29, 1.82) is 5.26 Å². The van der Waals surface area contributed by atoms with Gasteiger partial charge in [-0.25, -0.2) is 0 Å². The molecule has 1 unspecified atom stereocenters. The van der Waals surface area contributed by atoms with Gasteiger partial charge in [0.25, 0.3) is 0 Å². The number of hydrogen-bond acceptors (Lipinski definition) is 1. The highest BCUT2D eigenvalue weighted by Gasteiger charge is 2.22. The second kappa shape index (κ2) is 4.49. The van der Waals surface area contributed by atoms with Crippen molar-refractivity contribution in [2.24, 2.45) is 11.3 Å². The molecule has 0 aromatic heterocycles. The monoisotopic (exact) mass is 201 g/mol. The van der Waals surface area contributed by atoms with E-state index in [-0.39, 0.29) is 5.41 Å². The standard InChI is InChI=1S/C14H19N/c1-11(2)7-14(4)8-12(3)5-6-13(9-14)10-15/h5-6,8-9,11H,7H2,1-4H3. The van der Waals surface area contributed by atoms with Gasteiger partial charge < -0.3 is 0 Å². The largest absolute Gasteiger partial charge is 0.192 e. The van der Waals surface area contributed by atoms with Gasteiger partial charge in [-0.3, -0.25) is 0 Å². The number of allylic oxidation sites excluding steroid dienone is 6. The Labute approximate surface area is 92.8 Å². The van der Waals surface area contributed by atoms with Gasteiger partial charge in [0, 0.05) is 11.0 Å². The van der Waals surface area contributed by atoms with Crippen LogP contribution < -0.4 is 0 Å². The van der Waals surface area contributed by atoms with E-state index in [0.717, 1.165) is 12.0 Å². The second-order valence-corrected chi connectivity index (χ2v) is 5.04. The molecule has 0 fully saturated rings. The van der Waals surface area contributed by atoms with Crippen molar-refractivity contribution in [2.75, 3.05) is 0 Å². The van der Waals surface area contributed by atoms with E-state index in [9.17, 15) is 0 Å². The van der Waals surface area contributed by atoms with Crippen molar-refractivity contribution in [3.63, 3.8) is 0 Å². The summed E-state index contributed by atoms with van der Waals surface area (Å²) in [6, 6.07) is 2.23. The summed E-state index contributed by atoms with van der Waals surface area (Å²) in [4.78, 5) is 0. The first-order chi connectivity index (χ1) is 6.95. The molecule has 0 aliphatic heterocycles. The zero-order valence-corrected chi connectivity index (χ0v) is 10.0. The summed E-state index contributed by atoms with van der Waals surface area (Å²) < 4.78 is 0. The summed E-state index contributed by atoms with van der Waals surface area (Å²) >= 11 is 0. The molecule has 1 nitrogen and oxygen atoms in total. The van der Waals surface area contributed by atoms with Crippen LogP contribution in [-0.2, 0) is 0 Å². The lowest BCUT2D eigenvalue weighted by Gasteiger charge is -2.24. The molecule has 0 heterocycles. The van der Waals surface area contributed by atoms with Gasteiger partial charge in [0.15, 0.2) is 0 Å². The Bertz CT molecular complexity index is 363. The SMILES string of the molecule is CC1=CC(C)(CC(C)C)C=C(C#N)C=C1. The maximum atomic E-state index is 8.98. The summed E-state index contributed by atoms with van der Waals surface area (Å²) in [5.41, 5.74) is 2.03. The predicted molar refractivity (Wildman–Crippen MR) is 64.2 cm³/mol. The fraction of sp³-hybridized carbons (Fsp3) is 0.500. The predicted octanol–water partition coefficient (Wildman–Crippen LogP) is 4.00. The van der Waals surface area contributed by atoms with Crippen LogP contribution in [0.15, 0.2) is 35.5 Å². The molecule has 1 aliphatic rings. The van der Waals surface area contributed by atoms with Crippen LogP contribution in [0, 0.1) is 22.7 Å². The third kappa shape index (κ3) is 3.40. The van der Waals surface area contributed by atoms with E-state index in [2.05, 4.69) is 45.9 Å². The lowest BCUT2D eigenvalue weighted by atomic mass is 9.80. The van der Waals surface area contributed by atoms with Crippen molar-refractivity contribution in [2.45, 2.75) is 34.1 Å². The van der Waals surface area contributed by atoms with Crippen LogP contribution >= 0.6 is 0 Å². The Kier molecular flexibility index (Phi) is 3.52. The Morgan fingerprint density at radius 3 is 2.53 bits per heavy atom. The topological polar surface area (TPSA) is 23.8 Å². The van der Waals surface area contributed by atoms with Crippen molar-refractivity contribution in [1.82, 2.24) is 0 Å². The van der Waals surface area contributed by atoms with E-state index in [1.165, 1.54) is 5.57 Å². The molecule has 0 saturated carbocycles. The summed E-state index contributed by atoms with van der Waals surface area (Å²) in [6.07, 6.45) is 9.34. The molecular weight excluding hydrogens is 182 g/mol. The highest BCUT2D eigenvalue weighted by molar-refractivity contribution is 5.42. The molecule has 80 valence electrons.